The van der Waals surface area contributed by atoms with Gasteiger partial charge in [-0.05, 0) is 47.9 Å². The highest BCUT2D eigenvalue weighted by molar-refractivity contribution is 5.49. The Balaban J connectivity index is 2.41. The minimum absolute atomic E-state index is 0.330. The number of nitrogens with zero attached hydrogens (tertiary/aromatic N) is 1. The Hall–Kier alpha value is -1.87. The molecule has 0 radical (unpaired) electrons. The first-order valence-electron chi connectivity index (χ1n) is 6.20. The Morgan fingerprint density at radius 3 is 2.53 bits per heavy atom. The van der Waals surface area contributed by atoms with Gasteiger partial charge in [0.05, 0.1) is 0 Å². The Morgan fingerprint density at radius 2 is 1.84 bits per heavy atom. The Labute approximate surface area is 113 Å². The summed E-state index contributed by atoms with van der Waals surface area (Å²) in [6.07, 6.45) is -0.810. The molecule has 0 saturated carbocycles. The van der Waals surface area contributed by atoms with Gasteiger partial charge in [-0.25, -0.2) is 4.39 Å². The van der Waals surface area contributed by atoms with Crippen LogP contribution < -0.4 is 4.90 Å². The Morgan fingerprint density at radius 1 is 1.11 bits per heavy atom. The molecule has 2 aromatic carbocycles. The molecule has 100 valence electrons. The first-order valence-corrected chi connectivity index (χ1v) is 6.20. The molecule has 0 aliphatic heterocycles. The third-order valence-corrected chi connectivity index (χ3v) is 3.24. The highest BCUT2D eigenvalue weighted by Crippen LogP contribution is 2.27. The van der Waals surface area contributed by atoms with Gasteiger partial charge in [0.15, 0.2) is 0 Å². The molecule has 0 heterocycles. The van der Waals surface area contributed by atoms with Crippen LogP contribution in [0.3, 0.4) is 0 Å². The second-order valence-corrected chi connectivity index (χ2v) is 4.89. The summed E-state index contributed by atoms with van der Waals surface area (Å²) in [4.78, 5) is 1.97. The summed E-state index contributed by atoms with van der Waals surface area (Å²) in [5.41, 5.74) is 3.26. The highest BCUT2D eigenvalue weighted by atomic mass is 19.1. The number of hydrogen-bond acceptors (Lipinski definition) is 2. The van der Waals surface area contributed by atoms with E-state index < -0.39 is 6.10 Å². The van der Waals surface area contributed by atoms with E-state index in [9.17, 15) is 9.50 Å². The van der Waals surface area contributed by atoms with Crippen molar-refractivity contribution < 1.29 is 9.50 Å². The van der Waals surface area contributed by atoms with Gasteiger partial charge in [-0.3, -0.25) is 0 Å². The summed E-state index contributed by atoms with van der Waals surface area (Å²) in [5.74, 6) is -0.330. The van der Waals surface area contributed by atoms with E-state index in [0.29, 0.717) is 5.56 Å². The standard InChI is InChI=1S/C16H18FNO/c1-11-7-8-13(17)10-15(11)16(19)12-5-4-6-14(9-12)18(2)3/h4-10,16,19H,1-3H3. The molecule has 3 heteroatoms. The van der Waals surface area contributed by atoms with Crippen LogP contribution >= 0.6 is 0 Å². The largest absolute Gasteiger partial charge is 0.384 e. The van der Waals surface area contributed by atoms with E-state index in [1.807, 2.05) is 50.2 Å². The molecule has 0 saturated heterocycles. The van der Waals surface area contributed by atoms with Gasteiger partial charge in [-0.2, -0.15) is 0 Å². The summed E-state index contributed by atoms with van der Waals surface area (Å²) in [7, 11) is 3.89. The van der Waals surface area contributed by atoms with Crippen molar-refractivity contribution in [1.29, 1.82) is 0 Å². The van der Waals surface area contributed by atoms with Crippen molar-refractivity contribution in [2.45, 2.75) is 13.0 Å². The number of halogens is 1. The van der Waals surface area contributed by atoms with Crippen LogP contribution in [0.1, 0.15) is 22.8 Å². The quantitative estimate of drug-likeness (QED) is 0.914. The molecule has 0 amide bonds. The second-order valence-electron chi connectivity index (χ2n) is 4.89. The monoisotopic (exact) mass is 259 g/mol. The molecule has 0 aromatic heterocycles. The van der Waals surface area contributed by atoms with Crippen molar-refractivity contribution in [3.63, 3.8) is 0 Å². The SMILES string of the molecule is Cc1ccc(F)cc1C(O)c1cccc(N(C)C)c1. The van der Waals surface area contributed by atoms with Crippen molar-refractivity contribution in [3.8, 4) is 0 Å². The first kappa shape index (κ1) is 13.6. The lowest BCUT2D eigenvalue weighted by atomic mass is 9.97. The topological polar surface area (TPSA) is 23.5 Å². The zero-order chi connectivity index (χ0) is 14.0. The molecule has 0 spiro atoms. The molecular weight excluding hydrogens is 241 g/mol. The third-order valence-electron chi connectivity index (χ3n) is 3.24. The summed E-state index contributed by atoms with van der Waals surface area (Å²) in [6.45, 7) is 1.87. The molecule has 0 bridgehead atoms. The molecule has 19 heavy (non-hydrogen) atoms. The summed E-state index contributed by atoms with van der Waals surface area (Å²) < 4.78 is 13.3. The molecule has 0 aliphatic rings. The van der Waals surface area contributed by atoms with Gasteiger partial charge in [-0.15, -0.1) is 0 Å². The minimum atomic E-state index is -0.810. The van der Waals surface area contributed by atoms with E-state index in [2.05, 4.69) is 0 Å². The molecule has 1 N–H and O–H groups in total. The van der Waals surface area contributed by atoms with Crippen LogP contribution in [-0.4, -0.2) is 19.2 Å². The molecular formula is C16H18FNO. The lowest BCUT2D eigenvalue weighted by Crippen LogP contribution is -2.10. The summed E-state index contributed by atoms with van der Waals surface area (Å²) in [6, 6.07) is 12.1. The zero-order valence-electron chi connectivity index (χ0n) is 11.4. The molecule has 0 aliphatic carbocycles. The Bertz CT molecular complexity index is 581. The predicted octanol–water partition coefficient (Wildman–Crippen LogP) is 3.28. The molecule has 2 rings (SSSR count). The van der Waals surface area contributed by atoms with Crippen molar-refractivity contribution >= 4 is 5.69 Å². The molecule has 1 atom stereocenters. The number of aryl methyl sites for hydroxylation is 1. The minimum Gasteiger partial charge on any atom is -0.384 e. The van der Waals surface area contributed by atoms with Gasteiger partial charge in [0.1, 0.15) is 11.9 Å². The van der Waals surface area contributed by atoms with E-state index in [4.69, 9.17) is 0 Å². The molecule has 2 nitrogen and oxygen atoms in total. The number of benzene rings is 2. The van der Waals surface area contributed by atoms with E-state index in [-0.39, 0.29) is 5.82 Å². The van der Waals surface area contributed by atoms with Crippen molar-refractivity contribution in [2.75, 3.05) is 19.0 Å². The lowest BCUT2D eigenvalue weighted by Gasteiger charge is -2.18. The molecule has 2 aromatic rings. The average molecular weight is 259 g/mol. The lowest BCUT2D eigenvalue weighted by molar-refractivity contribution is 0.219. The maximum atomic E-state index is 13.3. The smallest absolute Gasteiger partial charge is 0.123 e. The zero-order valence-corrected chi connectivity index (χ0v) is 11.4. The normalized spacial score (nSPS) is 12.3. The number of anilines is 1. The van der Waals surface area contributed by atoms with Gasteiger partial charge in [0, 0.05) is 19.8 Å². The third kappa shape index (κ3) is 2.93. The maximum absolute atomic E-state index is 13.3. The summed E-state index contributed by atoms with van der Waals surface area (Å²) in [5, 5.41) is 10.4. The van der Waals surface area contributed by atoms with Crippen LogP contribution in [0.25, 0.3) is 0 Å². The predicted molar refractivity (Wildman–Crippen MR) is 76.0 cm³/mol. The first-order chi connectivity index (χ1) is 8.99. The van der Waals surface area contributed by atoms with Gasteiger partial charge in [-0.1, -0.05) is 18.2 Å². The molecule has 1 unspecified atom stereocenters. The fourth-order valence-electron chi connectivity index (χ4n) is 2.06. The van der Waals surface area contributed by atoms with E-state index in [0.717, 1.165) is 16.8 Å². The van der Waals surface area contributed by atoms with Crippen LogP contribution in [0.2, 0.25) is 0 Å². The molecule has 0 fully saturated rings. The number of hydrogen-bond donors (Lipinski definition) is 1. The van der Waals surface area contributed by atoms with Crippen LogP contribution in [0.15, 0.2) is 42.5 Å². The number of aliphatic hydroxyl groups excluding tert-OH is 1. The van der Waals surface area contributed by atoms with Gasteiger partial charge >= 0.3 is 0 Å². The maximum Gasteiger partial charge on any atom is 0.123 e. The van der Waals surface area contributed by atoms with Gasteiger partial charge < -0.3 is 10.0 Å². The van der Waals surface area contributed by atoms with Crippen LogP contribution in [0.5, 0.6) is 0 Å². The fraction of sp³-hybridized carbons (Fsp3) is 0.250. The highest BCUT2D eigenvalue weighted by Gasteiger charge is 2.14. The van der Waals surface area contributed by atoms with Gasteiger partial charge in [0.2, 0.25) is 0 Å². The van der Waals surface area contributed by atoms with Crippen LogP contribution in [0.4, 0.5) is 10.1 Å². The van der Waals surface area contributed by atoms with E-state index in [1.54, 1.807) is 6.07 Å². The van der Waals surface area contributed by atoms with Gasteiger partial charge in [0.25, 0.3) is 0 Å². The summed E-state index contributed by atoms with van der Waals surface area (Å²) >= 11 is 0. The van der Waals surface area contributed by atoms with Crippen LogP contribution in [0, 0.1) is 12.7 Å². The fourth-order valence-corrected chi connectivity index (χ4v) is 2.06. The van der Waals surface area contributed by atoms with E-state index >= 15 is 0 Å². The average Bonchev–Trinajstić information content (AvgIpc) is 2.41. The van der Waals surface area contributed by atoms with Crippen molar-refractivity contribution in [3.05, 3.63) is 65.0 Å². The second kappa shape index (κ2) is 5.41. The van der Waals surface area contributed by atoms with E-state index in [1.165, 1.54) is 12.1 Å². The number of rotatable bonds is 3. The van der Waals surface area contributed by atoms with Crippen LogP contribution in [-0.2, 0) is 0 Å². The van der Waals surface area contributed by atoms with Crippen molar-refractivity contribution in [2.24, 2.45) is 0 Å². The Kier molecular flexibility index (Phi) is 3.86. The van der Waals surface area contributed by atoms with Crippen molar-refractivity contribution in [1.82, 2.24) is 0 Å². The number of aliphatic hydroxyl groups is 1.